The fourth-order valence-electron chi connectivity index (χ4n) is 3.19. The van der Waals surface area contributed by atoms with E-state index >= 15 is 0 Å². The molecule has 1 aliphatic heterocycles. The van der Waals surface area contributed by atoms with E-state index in [1.807, 2.05) is 6.07 Å². The molecule has 1 heterocycles. The van der Waals surface area contributed by atoms with Gasteiger partial charge in [-0.3, -0.25) is 4.79 Å². The number of carboxylic acids is 1. The van der Waals surface area contributed by atoms with Crippen molar-refractivity contribution in [2.75, 3.05) is 6.79 Å². The molecule has 0 amide bonds. The van der Waals surface area contributed by atoms with Crippen molar-refractivity contribution in [3.63, 3.8) is 0 Å². The lowest BCUT2D eigenvalue weighted by Gasteiger charge is -2.23. The molecule has 1 aromatic carbocycles. The van der Waals surface area contributed by atoms with Crippen molar-refractivity contribution in [1.29, 1.82) is 0 Å². The van der Waals surface area contributed by atoms with Crippen LogP contribution in [0.4, 0.5) is 0 Å². The molecule has 1 aliphatic carbocycles. The van der Waals surface area contributed by atoms with Crippen LogP contribution in [0.25, 0.3) is 0 Å². The molecule has 1 saturated carbocycles. The minimum Gasteiger partial charge on any atom is -0.481 e. The van der Waals surface area contributed by atoms with Crippen LogP contribution >= 0.6 is 15.9 Å². The summed E-state index contributed by atoms with van der Waals surface area (Å²) in [6.07, 6.45) is 2.40. The van der Waals surface area contributed by atoms with Crippen molar-refractivity contribution in [1.82, 2.24) is 0 Å². The normalized spacial score (nSPS) is 18.1. The fraction of sp³-hybridized carbons (Fsp3) is 0.562. The molecule has 0 spiro atoms. The molecule has 1 fully saturated rings. The monoisotopic (exact) mass is 354 g/mol. The van der Waals surface area contributed by atoms with Gasteiger partial charge in [0.15, 0.2) is 11.5 Å². The summed E-state index contributed by atoms with van der Waals surface area (Å²) >= 11 is 3.53. The minimum absolute atomic E-state index is 0.0608. The Hall–Kier alpha value is -1.23. The largest absolute Gasteiger partial charge is 0.481 e. The molecule has 4 nitrogen and oxygen atoms in total. The Bertz CT molecular complexity index is 578. The lowest BCUT2D eigenvalue weighted by Crippen LogP contribution is -2.12. The van der Waals surface area contributed by atoms with Gasteiger partial charge < -0.3 is 14.6 Å². The van der Waals surface area contributed by atoms with E-state index in [9.17, 15) is 9.90 Å². The zero-order chi connectivity index (χ0) is 15.1. The molecule has 0 bridgehead atoms. The third kappa shape index (κ3) is 2.76. The summed E-state index contributed by atoms with van der Waals surface area (Å²) < 4.78 is 12.0. The predicted octanol–water partition coefficient (Wildman–Crippen LogP) is 4.27. The average molecular weight is 355 g/mol. The van der Waals surface area contributed by atoms with Crippen LogP contribution < -0.4 is 9.47 Å². The summed E-state index contributed by atoms with van der Waals surface area (Å²) in [7, 11) is 0. The highest BCUT2D eigenvalue weighted by atomic mass is 79.9. The Morgan fingerprint density at radius 2 is 2.05 bits per heavy atom. The van der Waals surface area contributed by atoms with Crippen LogP contribution in [-0.2, 0) is 4.79 Å². The van der Waals surface area contributed by atoms with E-state index in [1.54, 1.807) is 0 Å². The average Bonchev–Trinajstić information content (AvgIpc) is 3.12. The number of rotatable bonds is 5. The van der Waals surface area contributed by atoms with E-state index in [-0.39, 0.29) is 25.0 Å². The molecule has 1 aromatic rings. The van der Waals surface area contributed by atoms with Gasteiger partial charge in [-0.1, -0.05) is 13.8 Å². The van der Waals surface area contributed by atoms with Gasteiger partial charge in [-0.05, 0) is 58.2 Å². The molecule has 1 atom stereocenters. The topological polar surface area (TPSA) is 55.8 Å². The highest BCUT2D eigenvalue weighted by molar-refractivity contribution is 9.10. The van der Waals surface area contributed by atoms with Gasteiger partial charge in [0.2, 0.25) is 6.79 Å². The third-order valence-corrected chi connectivity index (χ3v) is 4.82. The molecule has 1 unspecified atom stereocenters. The SMILES string of the molecule is CC(C)c1c(C(CC(=O)O)C2CC2)cc(Br)c2c1OCO2. The first-order chi connectivity index (χ1) is 9.99. The maximum Gasteiger partial charge on any atom is 0.303 e. The van der Waals surface area contributed by atoms with Crippen molar-refractivity contribution in [2.45, 2.75) is 44.9 Å². The van der Waals surface area contributed by atoms with Gasteiger partial charge in [0.1, 0.15) is 0 Å². The molecular weight excluding hydrogens is 336 g/mol. The number of hydrogen-bond acceptors (Lipinski definition) is 3. The Morgan fingerprint density at radius 3 is 2.62 bits per heavy atom. The van der Waals surface area contributed by atoms with E-state index in [0.717, 1.165) is 39.9 Å². The number of halogens is 1. The molecule has 1 N–H and O–H groups in total. The van der Waals surface area contributed by atoms with Crippen LogP contribution in [-0.4, -0.2) is 17.9 Å². The van der Waals surface area contributed by atoms with Crippen LogP contribution in [0.1, 0.15) is 56.1 Å². The van der Waals surface area contributed by atoms with E-state index in [0.29, 0.717) is 5.92 Å². The van der Waals surface area contributed by atoms with Crippen molar-refractivity contribution >= 4 is 21.9 Å². The van der Waals surface area contributed by atoms with Crippen molar-refractivity contribution in [3.8, 4) is 11.5 Å². The summed E-state index contributed by atoms with van der Waals surface area (Å²) in [5.74, 6) is 1.59. The highest BCUT2D eigenvalue weighted by Gasteiger charge is 2.37. The maximum atomic E-state index is 11.2. The second-order valence-electron chi connectivity index (χ2n) is 6.12. The smallest absolute Gasteiger partial charge is 0.303 e. The van der Waals surface area contributed by atoms with E-state index < -0.39 is 5.97 Å². The number of fused-ring (bicyclic) bond motifs is 1. The van der Waals surface area contributed by atoms with Gasteiger partial charge in [-0.15, -0.1) is 0 Å². The van der Waals surface area contributed by atoms with E-state index in [2.05, 4.69) is 29.8 Å². The van der Waals surface area contributed by atoms with E-state index in [1.165, 1.54) is 0 Å². The zero-order valence-electron chi connectivity index (χ0n) is 12.2. The van der Waals surface area contributed by atoms with Gasteiger partial charge in [0, 0.05) is 5.56 Å². The summed E-state index contributed by atoms with van der Waals surface area (Å²) in [6, 6.07) is 2.04. The summed E-state index contributed by atoms with van der Waals surface area (Å²) in [5.41, 5.74) is 2.20. The lowest BCUT2D eigenvalue weighted by atomic mass is 9.83. The Labute approximate surface area is 132 Å². The minimum atomic E-state index is -0.740. The molecular formula is C16H19BrO4. The Kier molecular flexibility index (Phi) is 3.86. The number of carboxylic acid groups (broad SMARTS) is 1. The molecule has 5 heteroatoms. The molecule has 114 valence electrons. The van der Waals surface area contributed by atoms with Crippen LogP contribution in [0, 0.1) is 5.92 Å². The zero-order valence-corrected chi connectivity index (χ0v) is 13.8. The fourth-order valence-corrected chi connectivity index (χ4v) is 3.73. The van der Waals surface area contributed by atoms with E-state index in [4.69, 9.17) is 9.47 Å². The molecule has 0 aromatic heterocycles. The van der Waals surface area contributed by atoms with Gasteiger partial charge >= 0.3 is 5.97 Å². The van der Waals surface area contributed by atoms with Crippen LogP contribution in [0.3, 0.4) is 0 Å². The van der Waals surface area contributed by atoms with Crippen molar-refractivity contribution in [3.05, 3.63) is 21.7 Å². The molecule has 21 heavy (non-hydrogen) atoms. The van der Waals surface area contributed by atoms with Crippen molar-refractivity contribution < 1.29 is 19.4 Å². The van der Waals surface area contributed by atoms with Gasteiger partial charge in [-0.25, -0.2) is 0 Å². The number of carbonyl (C=O) groups is 1. The molecule has 0 saturated heterocycles. The molecule has 0 radical (unpaired) electrons. The maximum absolute atomic E-state index is 11.2. The summed E-state index contributed by atoms with van der Waals surface area (Å²) in [5, 5.41) is 9.25. The quantitative estimate of drug-likeness (QED) is 0.857. The van der Waals surface area contributed by atoms with Crippen LogP contribution in [0.2, 0.25) is 0 Å². The van der Waals surface area contributed by atoms with Gasteiger partial charge in [0.25, 0.3) is 0 Å². The number of hydrogen-bond donors (Lipinski definition) is 1. The van der Waals surface area contributed by atoms with Crippen LogP contribution in [0.15, 0.2) is 10.5 Å². The van der Waals surface area contributed by atoms with Crippen molar-refractivity contribution in [2.24, 2.45) is 5.92 Å². The second-order valence-corrected chi connectivity index (χ2v) is 6.98. The number of ether oxygens (including phenoxy) is 2. The predicted molar refractivity (Wildman–Crippen MR) is 82.1 cm³/mol. The Balaban J connectivity index is 2.11. The first kappa shape index (κ1) is 14.7. The summed E-state index contributed by atoms with van der Waals surface area (Å²) in [4.78, 5) is 11.2. The van der Waals surface area contributed by atoms with Gasteiger partial charge in [0.05, 0.1) is 10.9 Å². The standard InChI is InChI=1S/C16H19BrO4/c1-8(2)14-11(10(6-13(18)19)9-3-4-9)5-12(17)15-16(14)21-7-20-15/h5,8-10H,3-4,6-7H2,1-2H3,(H,18,19). The molecule has 3 rings (SSSR count). The lowest BCUT2D eigenvalue weighted by molar-refractivity contribution is -0.137. The van der Waals surface area contributed by atoms with Crippen LogP contribution in [0.5, 0.6) is 11.5 Å². The highest BCUT2D eigenvalue weighted by Crippen LogP contribution is 2.52. The third-order valence-electron chi connectivity index (χ3n) is 4.23. The number of aliphatic carboxylic acids is 1. The molecule has 2 aliphatic rings. The van der Waals surface area contributed by atoms with Gasteiger partial charge in [-0.2, -0.15) is 0 Å². The first-order valence-electron chi connectivity index (χ1n) is 7.32. The summed E-state index contributed by atoms with van der Waals surface area (Å²) in [6.45, 7) is 4.45. The first-order valence-corrected chi connectivity index (χ1v) is 8.12. The Morgan fingerprint density at radius 1 is 1.38 bits per heavy atom. The second kappa shape index (κ2) is 5.52. The number of benzene rings is 1.